The van der Waals surface area contributed by atoms with Gasteiger partial charge in [-0.2, -0.15) is 0 Å². The lowest BCUT2D eigenvalue weighted by molar-refractivity contribution is -0.162. The standard InChI is InChI=1S/C17H27NO2/c18-12-11-16-9-7-15(8-10-16)5-1-3-13-19-17-6-2-4-14-20-17/h7-10,17H,1-6,11-14,18H2. The van der Waals surface area contributed by atoms with Crippen molar-refractivity contribution in [1.29, 1.82) is 0 Å². The van der Waals surface area contributed by atoms with Crippen LogP contribution in [0.15, 0.2) is 24.3 Å². The fourth-order valence-electron chi connectivity index (χ4n) is 2.53. The zero-order valence-corrected chi connectivity index (χ0v) is 12.4. The molecule has 0 radical (unpaired) electrons. The summed E-state index contributed by atoms with van der Waals surface area (Å²) < 4.78 is 11.3. The van der Waals surface area contributed by atoms with Crippen molar-refractivity contribution in [2.24, 2.45) is 5.73 Å². The third kappa shape index (κ3) is 5.61. The van der Waals surface area contributed by atoms with Crippen LogP contribution in [0, 0.1) is 0 Å². The summed E-state index contributed by atoms with van der Waals surface area (Å²) in [6, 6.07) is 8.81. The first-order valence-electron chi connectivity index (χ1n) is 7.89. The topological polar surface area (TPSA) is 44.5 Å². The molecule has 1 fully saturated rings. The van der Waals surface area contributed by atoms with Gasteiger partial charge in [-0.3, -0.25) is 0 Å². The third-order valence-electron chi connectivity index (χ3n) is 3.76. The second-order valence-corrected chi connectivity index (χ2v) is 5.48. The van der Waals surface area contributed by atoms with Gasteiger partial charge in [-0.05, 0) is 62.6 Å². The second-order valence-electron chi connectivity index (χ2n) is 5.48. The Morgan fingerprint density at radius 2 is 1.80 bits per heavy atom. The van der Waals surface area contributed by atoms with Crippen LogP contribution in [0.5, 0.6) is 0 Å². The second kappa shape index (κ2) is 9.11. The normalized spacial score (nSPS) is 19.1. The molecular weight excluding hydrogens is 250 g/mol. The van der Waals surface area contributed by atoms with Crippen molar-refractivity contribution in [3.8, 4) is 0 Å². The van der Waals surface area contributed by atoms with Crippen molar-refractivity contribution in [3.05, 3.63) is 35.4 Å². The average molecular weight is 277 g/mol. The van der Waals surface area contributed by atoms with E-state index >= 15 is 0 Å². The molecule has 1 aliphatic rings. The molecule has 3 heteroatoms. The van der Waals surface area contributed by atoms with Gasteiger partial charge in [-0.1, -0.05) is 24.3 Å². The first kappa shape index (κ1) is 15.5. The molecule has 1 aromatic carbocycles. The Kier molecular flexibility index (Phi) is 7.06. The van der Waals surface area contributed by atoms with E-state index in [-0.39, 0.29) is 6.29 Å². The minimum atomic E-state index is 0.0549. The molecular formula is C17H27NO2. The summed E-state index contributed by atoms with van der Waals surface area (Å²) in [4.78, 5) is 0. The quantitative estimate of drug-likeness (QED) is 0.743. The maximum atomic E-state index is 5.74. The van der Waals surface area contributed by atoms with E-state index in [1.165, 1.54) is 30.4 Å². The average Bonchev–Trinajstić information content (AvgIpc) is 2.50. The van der Waals surface area contributed by atoms with Crippen LogP contribution in [-0.4, -0.2) is 26.0 Å². The summed E-state index contributed by atoms with van der Waals surface area (Å²) in [7, 11) is 0. The fraction of sp³-hybridized carbons (Fsp3) is 0.647. The van der Waals surface area contributed by atoms with E-state index in [0.29, 0.717) is 0 Å². The van der Waals surface area contributed by atoms with Crippen LogP contribution in [0.25, 0.3) is 0 Å². The molecule has 0 saturated carbocycles. The Bertz CT molecular complexity index is 358. The molecule has 0 spiro atoms. The Morgan fingerprint density at radius 1 is 1.05 bits per heavy atom. The van der Waals surface area contributed by atoms with Gasteiger partial charge in [0.1, 0.15) is 0 Å². The molecule has 0 aliphatic carbocycles. The molecule has 1 unspecified atom stereocenters. The monoisotopic (exact) mass is 277 g/mol. The predicted molar refractivity (Wildman–Crippen MR) is 81.7 cm³/mol. The fourth-order valence-corrected chi connectivity index (χ4v) is 2.53. The van der Waals surface area contributed by atoms with Gasteiger partial charge in [0.15, 0.2) is 6.29 Å². The van der Waals surface area contributed by atoms with E-state index in [2.05, 4.69) is 24.3 Å². The summed E-state index contributed by atoms with van der Waals surface area (Å²) in [5.41, 5.74) is 8.28. The summed E-state index contributed by atoms with van der Waals surface area (Å²) in [6.45, 7) is 2.40. The molecule has 2 rings (SSSR count). The molecule has 1 aromatic rings. The molecule has 3 nitrogen and oxygen atoms in total. The van der Waals surface area contributed by atoms with Gasteiger partial charge in [-0.25, -0.2) is 0 Å². The largest absolute Gasteiger partial charge is 0.353 e. The minimum Gasteiger partial charge on any atom is -0.353 e. The van der Waals surface area contributed by atoms with Crippen molar-refractivity contribution in [2.75, 3.05) is 19.8 Å². The number of hydrogen-bond acceptors (Lipinski definition) is 3. The van der Waals surface area contributed by atoms with Crippen molar-refractivity contribution >= 4 is 0 Å². The van der Waals surface area contributed by atoms with Crippen LogP contribution >= 0.6 is 0 Å². The highest BCUT2D eigenvalue weighted by Crippen LogP contribution is 2.14. The van der Waals surface area contributed by atoms with Gasteiger partial charge in [0.25, 0.3) is 0 Å². The van der Waals surface area contributed by atoms with Gasteiger partial charge in [-0.15, -0.1) is 0 Å². The van der Waals surface area contributed by atoms with Gasteiger partial charge in [0.2, 0.25) is 0 Å². The lowest BCUT2D eigenvalue weighted by Gasteiger charge is -2.22. The van der Waals surface area contributed by atoms with Crippen LogP contribution in [0.1, 0.15) is 43.2 Å². The first-order chi connectivity index (χ1) is 9.88. The van der Waals surface area contributed by atoms with Crippen LogP contribution in [0.4, 0.5) is 0 Å². The third-order valence-corrected chi connectivity index (χ3v) is 3.76. The van der Waals surface area contributed by atoms with Gasteiger partial charge >= 0.3 is 0 Å². The van der Waals surface area contributed by atoms with E-state index in [1.54, 1.807) is 0 Å². The Balaban J connectivity index is 1.56. The van der Waals surface area contributed by atoms with Crippen molar-refractivity contribution < 1.29 is 9.47 Å². The van der Waals surface area contributed by atoms with Crippen LogP contribution in [-0.2, 0) is 22.3 Å². The molecule has 1 saturated heterocycles. The molecule has 20 heavy (non-hydrogen) atoms. The van der Waals surface area contributed by atoms with Crippen LogP contribution in [0.2, 0.25) is 0 Å². The minimum absolute atomic E-state index is 0.0549. The predicted octanol–water partition coefficient (Wildman–Crippen LogP) is 3.05. The smallest absolute Gasteiger partial charge is 0.157 e. The summed E-state index contributed by atoms with van der Waals surface area (Å²) in [5.74, 6) is 0. The van der Waals surface area contributed by atoms with E-state index < -0.39 is 0 Å². The van der Waals surface area contributed by atoms with Crippen molar-refractivity contribution in [2.45, 2.75) is 51.2 Å². The summed E-state index contributed by atoms with van der Waals surface area (Å²) in [6.07, 6.45) is 7.89. The maximum absolute atomic E-state index is 5.74. The Hall–Kier alpha value is -0.900. The Morgan fingerprint density at radius 3 is 2.45 bits per heavy atom. The molecule has 1 aliphatic heterocycles. The molecule has 1 heterocycles. The van der Waals surface area contributed by atoms with Crippen LogP contribution < -0.4 is 5.73 Å². The van der Waals surface area contributed by atoms with Gasteiger partial charge in [0, 0.05) is 13.2 Å². The molecule has 1 atom stereocenters. The zero-order chi connectivity index (χ0) is 14.0. The van der Waals surface area contributed by atoms with Crippen LogP contribution in [0.3, 0.4) is 0 Å². The van der Waals surface area contributed by atoms with Gasteiger partial charge in [0.05, 0.1) is 0 Å². The highest BCUT2D eigenvalue weighted by Gasteiger charge is 2.13. The summed E-state index contributed by atoms with van der Waals surface area (Å²) in [5, 5.41) is 0. The molecule has 0 amide bonds. The van der Waals surface area contributed by atoms with E-state index in [4.69, 9.17) is 15.2 Å². The first-order valence-corrected chi connectivity index (χ1v) is 7.89. The highest BCUT2D eigenvalue weighted by atomic mass is 16.7. The number of hydrogen-bond donors (Lipinski definition) is 1. The molecule has 0 bridgehead atoms. The molecule has 2 N–H and O–H groups in total. The number of nitrogens with two attached hydrogens (primary N) is 1. The van der Waals surface area contributed by atoms with Crippen molar-refractivity contribution in [1.82, 2.24) is 0 Å². The lowest BCUT2D eigenvalue weighted by atomic mass is 10.0. The highest BCUT2D eigenvalue weighted by molar-refractivity contribution is 5.22. The lowest BCUT2D eigenvalue weighted by Crippen LogP contribution is -2.22. The number of benzene rings is 1. The zero-order valence-electron chi connectivity index (χ0n) is 12.4. The SMILES string of the molecule is NCCc1ccc(CCCCOC2CCCCO2)cc1. The number of rotatable bonds is 8. The number of aryl methyl sites for hydroxylation is 1. The van der Waals surface area contributed by atoms with E-state index in [1.807, 2.05) is 0 Å². The summed E-state index contributed by atoms with van der Waals surface area (Å²) >= 11 is 0. The number of unbranched alkanes of at least 4 members (excludes halogenated alkanes) is 1. The van der Waals surface area contributed by atoms with Gasteiger partial charge < -0.3 is 15.2 Å². The molecule has 0 aromatic heterocycles. The molecule has 112 valence electrons. The number of ether oxygens (including phenoxy) is 2. The maximum Gasteiger partial charge on any atom is 0.157 e. The van der Waals surface area contributed by atoms with Crippen molar-refractivity contribution in [3.63, 3.8) is 0 Å². The Labute approximate surface area is 122 Å². The van der Waals surface area contributed by atoms with E-state index in [9.17, 15) is 0 Å². The van der Waals surface area contributed by atoms with E-state index in [0.717, 1.165) is 45.4 Å².